The SMILES string of the molecule is CC.CC.CC1OC2=C(C=CCC=C2)c2ccccc21. The van der Waals surface area contributed by atoms with Crippen LogP contribution in [-0.4, -0.2) is 0 Å². The molecule has 0 saturated carbocycles. The molecule has 2 aliphatic rings. The second-order valence-electron chi connectivity index (χ2n) is 4.17. The van der Waals surface area contributed by atoms with Crippen molar-refractivity contribution < 1.29 is 4.74 Å². The summed E-state index contributed by atoms with van der Waals surface area (Å²) in [6.07, 6.45) is 9.69. The minimum absolute atomic E-state index is 0.145. The van der Waals surface area contributed by atoms with Crippen molar-refractivity contribution in [1.82, 2.24) is 0 Å². The molecule has 0 aromatic heterocycles. The highest BCUT2D eigenvalue weighted by Crippen LogP contribution is 2.38. The van der Waals surface area contributed by atoms with Crippen LogP contribution in [-0.2, 0) is 4.74 Å². The lowest BCUT2D eigenvalue weighted by Crippen LogP contribution is -2.09. The Kier molecular flexibility index (Phi) is 6.86. The van der Waals surface area contributed by atoms with Crippen LogP contribution in [0.2, 0.25) is 0 Å². The van der Waals surface area contributed by atoms with E-state index < -0.39 is 0 Å². The van der Waals surface area contributed by atoms with E-state index in [1.165, 1.54) is 16.7 Å². The van der Waals surface area contributed by atoms with E-state index in [9.17, 15) is 0 Å². The minimum Gasteiger partial charge on any atom is -0.485 e. The second-order valence-corrected chi connectivity index (χ2v) is 4.17. The van der Waals surface area contributed by atoms with Crippen LogP contribution < -0.4 is 0 Å². The van der Waals surface area contributed by atoms with Gasteiger partial charge < -0.3 is 4.74 Å². The fourth-order valence-corrected chi connectivity index (χ4v) is 2.29. The molecule has 3 rings (SSSR count). The number of rotatable bonds is 0. The summed E-state index contributed by atoms with van der Waals surface area (Å²) in [5.41, 5.74) is 3.79. The lowest BCUT2D eigenvalue weighted by Gasteiger charge is -2.26. The molecular formula is C19H26O. The van der Waals surface area contributed by atoms with Crippen LogP contribution >= 0.6 is 0 Å². The molecule has 0 bridgehead atoms. The molecule has 1 nitrogen and oxygen atoms in total. The number of hydrogen-bond acceptors (Lipinski definition) is 1. The highest BCUT2D eigenvalue weighted by atomic mass is 16.5. The Hall–Kier alpha value is -1.76. The van der Waals surface area contributed by atoms with Crippen LogP contribution in [0.3, 0.4) is 0 Å². The Morgan fingerprint density at radius 3 is 2.35 bits per heavy atom. The molecule has 20 heavy (non-hydrogen) atoms. The fraction of sp³-hybridized carbons (Fsp3) is 0.368. The van der Waals surface area contributed by atoms with E-state index in [-0.39, 0.29) is 6.10 Å². The summed E-state index contributed by atoms with van der Waals surface area (Å²) in [4.78, 5) is 0. The summed E-state index contributed by atoms with van der Waals surface area (Å²) in [5.74, 6) is 1.000. The summed E-state index contributed by atoms with van der Waals surface area (Å²) in [6, 6.07) is 8.48. The number of fused-ring (bicyclic) bond motifs is 2. The molecule has 0 N–H and O–H groups in total. The molecule has 1 aliphatic heterocycles. The van der Waals surface area contributed by atoms with E-state index in [1.807, 2.05) is 27.7 Å². The zero-order valence-corrected chi connectivity index (χ0v) is 13.3. The van der Waals surface area contributed by atoms with E-state index >= 15 is 0 Å². The third kappa shape index (κ3) is 3.41. The van der Waals surface area contributed by atoms with Crippen LogP contribution in [0.5, 0.6) is 0 Å². The zero-order valence-electron chi connectivity index (χ0n) is 13.3. The predicted octanol–water partition coefficient (Wildman–Crippen LogP) is 6.06. The van der Waals surface area contributed by atoms with Crippen molar-refractivity contribution in [2.24, 2.45) is 0 Å². The van der Waals surface area contributed by atoms with E-state index in [0.29, 0.717) is 0 Å². The maximum absolute atomic E-state index is 5.94. The van der Waals surface area contributed by atoms with E-state index in [2.05, 4.69) is 55.5 Å². The van der Waals surface area contributed by atoms with Crippen molar-refractivity contribution in [1.29, 1.82) is 0 Å². The largest absolute Gasteiger partial charge is 0.485 e. The van der Waals surface area contributed by atoms with E-state index in [1.54, 1.807) is 0 Å². The zero-order chi connectivity index (χ0) is 15.0. The fourth-order valence-electron chi connectivity index (χ4n) is 2.29. The first-order chi connectivity index (χ1) is 9.86. The lowest BCUT2D eigenvalue weighted by molar-refractivity contribution is 0.140. The minimum atomic E-state index is 0.145. The van der Waals surface area contributed by atoms with Gasteiger partial charge in [0.05, 0.1) is 0 Å². The van der Waals surface area contributed by atoms with Gasteiger partial charge in [0.1, 0.15) is 11.9 Å². The number of hydrogen-bond donors (Lipinski definition) is 0. The van der Waals surface area contributed by atoms with Crippen LogP contribution in [0.4, 0.5) is 0 Å². The normalized spacial score (nSPS) is 18.4. The quantitative estimate of drug-likeness (QED) is 0.557. The molecule has 1 aliphatic carbocycles. The van der Waals surface area contributed by atoms with Gasteiger partial charge in [-0.3, -0.25) is 0 Å². The van der Waals surface area contributed by atoms with Crippen molar-refractivity contribution in [3.63, 3.8) is 0 Å². The monoisotopic (exact) mass is 270 g/mol. The van der Waals surface area contributed by atoms with Gasteiger partial charge >= 0.3 is 0 Å². The van der Waals surface area contributed by atoms with Crippen molar-refractivity contribution >= 4 is 5.57 Å². The third-order valence-electron chi connectivity index (χ3n) is 3.08. The first kappa shape index (κ1) is 16.3. The summed E-state index contributed by atoms with van der Waals surface area (Å²) in [5, 5.41) is 0. The van der Waals surface area contributed by atoms with Gasteiger partial charge in [0, 0.05) is 11.1 Å². The van der Waals surface area contributed by atoms with Crippen molar-refractivity contribution in [2.45, 2.75) is 47.1 Å². The first-order valence-corrected chi connectivity index (χ1v) is 7.69. The summed E-state index contributed by atoms with van der Waals surface area (Å²) in [6.45, 7) is 10.1. The van der Waals surface area contributed by atoms with E-state index in [4.69, 9.17) is 4.74 Å². The Morgan fingerprint density at radius 2 is 1.60 bits per heavy atom. The van der Waals surface area contributed by atoms with Gasteiger partial charge in [-0.25, -0.2) is 0 Å². The smallest absolute Gasteiger partial charge is 0.127 e. The Bertz CT molecular complexity index is 506. The molecule has 1 heteroatoms. The van der Waals surface area contributed by atoms with Gasteiger partial charge in [0.15, 0.2) is 0 Å². The third-order valence-corrected chi connectivity index (χ3v) is 3.08. The van der Waals surface area contributed by atoms with Gasteiger partial charge in [0.2, 0.25) is 0 Å². The van der Waals surface area contributed by atoms with Crippen LogP contribution in [0.1, 0.15) is 58.3 Å². The average Bonchev–Trinajstić information content (AvgIpc) is 2.77. The molecule has 0 spiro atoms. The standard InChI is InChI=1S/C15H14O.2C2H6/c1-11-12-7-5-6-8-13(12)14-9-3-2-4-10-15(14)16-11;2*1-2/h3-11H,2H2,1H3;2*1-2H3. The van der Waals surface area contributed by atoms with E-state index in [0.717, 1.165) is 12.2 Å². The van der Waals surface area contributed by atoms with Crippen molar-refractivity contribution in [3.05, 3.63) is 65.5 Å². The first-order valence-electron chi connectivity index (χ1n) is 7.69. The summed E-state index contributed by atoms with van der Waals surface area (Å²) in [7, 11) is 0. The maximum atomic E-state index is 5.94. The van der Waals surface area contributed by atoms with Gasteiger partial charge in [-0.05, 0) is 25.0 Å². The molecule has 108 valence electrons. The second kappa shape index (κ2) is 8.42. The predicted molar refractivity (Wildman–Crippen MR) is 88.5 cm³/mol. The van der Waals surface area contributed by atoms with Crippen LogP contribution in [0, 0.1) is 0 Å². The number of allylic oxidation sites excluding steroid dienone is 5. The Labute approximate surface area is 123 Å². The highest BCUT2D eigenvalue weighted by Gasteiger charge is 2.22. The molecule has 1 aromatic rings. The summed E-state index contributed by atoms with van der Waals surface area (Å²) < 4.78 is 5.94. The van der Waals surface area contributed by atoms with Crippen molar-refractivity contribution in [2.75, 3.05) is 0 Å². The highest BCUT2D eigenvalue weighted by molar-refractivity contribution is 5.80. The molecular weight excluding hydrogens is 244 g/mol. The van der Waals surface area contributed by atoms with Gasteiger partial charge in [-0.1, -0.05) is 70.2 Å². The van der Waals surface area contributed by atoms with Crippen molar-refractivity contribution in [3.8, 4) is 0 Å². The van der Waals surface area contributed by atoms with Gasteiger partial charge in [0.25, 0.3) is 0 Å². The van der Waals surface area contributed by atoms with Gasteiger partial charge in [-0.2, -0.15) is 0 Å². The Morgan fingerprint density at radius 1 is 0.950 bits per heavy atom. The molecule has 1 unspecified atom stereocenters. The van der Waals surface area contributed by atoms with Crippen LogP contribution in [0.25, 0.3) is 5.57 Å². The molecule has 0 radical (unpaired) electrons. The summed E-state index contributed by atoms with van der Waals surface area (Å²) >= 11 is 0. The Balaban J connectivity index is 0.000000461. The topological polar surface area (TPSA) is 9.23 Å². The molecule has 1 aromatic carbocycles. The average molecular weight is 270 g/mol. The lowest BCUT2D eigenvalue weighted by atomic mass is 9.93. The number of ether oxygens (including phenoxy) is 1. The molecule has 1 heterocycles. The van der Waals surface area contributed by atoms with Crippen LogP contribution in [0.15, 0.2) is 54.3 Å². The number of benzene rings is 1. The maximum Gasteiger partial charge on any atom is 0.127 e. The molecule has 0 amide bonds. The molecule has 0 saturated heterocycles. The van der Waals surface area contributed by atoms with Gasteiger partial charge in [-0.15, -0.1) is 0 Å². The molecule has 0 fully saturated rings. The molecule has 1 atom stereocenters.